The van der Waals surface area contributed by atoms with Crippen LogP contribution in [-0.4, -0.2) is 18.0 Å². The Labute approximate surface area is 97.7 Å². The van der Waals surface area contributed by atoms with Crippen LogP contribution >= 0.6 is 15.9 Å². The van der Waals surface area contributed by atoms with Crippen molar-refractivity contribution in [1.82, 2.24) is 0 Å². The van der Waals surface area contributed by atoms with E-state index in [1.165, 1.54) is 0 Å². The Morgan fingerprint density at radius 3 is 2.00 bits per heavy atom. The molecular formula is C12H25BrO. The van der Waals surface area contributed by atoms with Gasteiger partial charge < -0.3 is 4.74 Å². The highest BCUT2D eigenvalue weighted by atomic mass is 79.9. The summed E-state index contributed by atoms with van der Waals surface area (Å²) < 4.78 is 5.61. The zero-order valence-electron chi connectivity index (χ0n) is 10.2. The lowest BCUT2D eigenvalue weighted by Gasteiger charge is -2.23. The largest absolute Gasteiger partial charge is 0.381 e. The van der Waals surface area contributed by atoms with Crippen LogP contribution in [0, 0.1) is 17.8 Å². The SMILES string of the molecule is CC(C)COCCC(C(C)C)C(C)Br. The third kappa shape index (κ3) is 6.83. The van der Waals surface area contributed by atoms with Crippen molar-refractivity contribution in [2.75, 3.05) is 13.2 Å². The van der Waals surface area contributed by atoms with Crippen molar-refractivity contribution in [3.63, 3.8) is 0 Å². The van der Waals surface area contributed by atoms with Crippen LogP contribution in [0.1, 0.15) is 41.0 Å². The Kier molecular flexibility index (Phi) is 7.94. The van der Waals surface area contributed by atoms with E-state index in [4.69, 9.17) is 4.74 Å². The van der Waals surface area contributed by atoms with Crippen LogP contribution in [0.25, 0.3) is 0 Å². The lowest BCUT2D eigenvalue weighted by molar-refractivity contribution is 0.0927. The molecule has 2 atom stereocenters. The number of halogens is 1. The molecule has 0 bridgehead atoms. The molecule has 2 heteroatoms. The fraction of sp³-hybridized carbons (Fsp3) is 1.00. The second-order valence-corrected chi connectivity index (χ2v) is 6.29. The molecule has 0 spiro atoms. The van der Waals surface area contributed by atoms with E-state index in [9.17, 15) is 0 Å². The quantitative estimate of drug-likeness (QED) is 0.497. The maximum absolute atomic E-state index is 5.61. The average molecular weight is 265 g/mol. The summed E-state index contributed by atoms with van der Waals surface area (Å²) in [6.45, 7) is 13.0. The van der Waals surface area contributed by atoms with E-state index < -0.39 is 0 Å². The first-order valence-corrected chi connectivity index (χ1v) is 6.58. The topological polar surface area (TPSA) is 9.23 Å². The van der Waals surface area contributed by atoms with Crippen molar-refractivity contribution in [2.24, 2.45) is 17.8 Å². The summed E-state index contributed by atoms with van der Waals surface area (Å²) in [4.78, 5) is 0.588. The Morgan fingerprint density at radius 1 is 1.07 bits per heavy atom. The monoisotopic (exact) mass is 264 g/mol. The molecule has 0 aliphatic heterocycles. The van der Waals surface area contributed by atoms with Crippen LogP contribution < -0.4 is 0 Å². The highest BCUT2D eigenvalue weighted by Gasteiger charge is 2.18. The summed E-state index contributed by atoms with van der Waals surface area (Å²) >= 11 is 3.67. The van der Waals surface area contributed by atoms with Gasteiger partial charge in [0.15, 0.2) is 0 Å². The number of hydrogen-bond acceptors (Lipinski definition) is 1. The Morgan fingerprint density at radius 2 is 1.64 bits per heavy atom. The number of hydrogen-bond donors (Lipinski definition) is 0. The smallest absolute Gasteiger partial charge is 0.0488 e. The normalized spacial score (nSPS) is 16.3. The van der Waals surface area contributed by atoms with E-state index in [0.717, 1.165) is 31.5 Å². The second-order valence-electron chi connectivity index (χ2n) is 4.84. The first kappa shape index (κ1) is 14.4. The molecule has 0 aromatic heterocycles. The predicted octanol–water partition coefficient (Wildman–Crippen LogP) is 4.10. The Bertz CT molecular complexity index is 124. The summed E-state index contributed by atoms with van der Waals surface area (Å²) in [5.41, 5.74) is 0. The highest BCUT2D eigenvalue weighted by Crippen LogP contribution is 2.24. The van der Waals surface area contributed by atoms with Crippen molar-refractivity contribution >= 4 is 15.9 Å². The van der Waals surface area contributed by atoms with Crippen LogP contribution in [0.5, 0.6) is 0 Å². The molecule has 0 amide bonds. The molecule has 0 N–H and O–H groups in total. The van der Waals surface area contributed by atoms with E-state index in [1.54, 1.807) is 0 Å². The molecule has 1 nitrogen and oxygen atoms in total. The van der Waals surface area contributed by atoms with E-state index in [1.807, 2.05) is 0 Å². The van der Waals surface area contributed by atoms with Crippen molar-refractivity contribution < 1.29 is 4.74 Å². The standard InChI is InChI=1S/C12H25BrO/c1-9(2)8-14-7-6-12(10(3)4)11(5)13/h9-12H,6-8H2,1-5H3. The maximum Gasteiger partial charge on any atom is 0.0488 e. The van der Waals surface area contributed by atoms with Crippen LogP contribution in [0.3, 0.4) is 0 Å². The van der Waals surface area contributed by atoms with E-state index in [2.05, 4.69) is 50.5 Å². The third-order valence-corrected chi connectivity index (χ3v) is 3.17. The van der Waals surface area contributed by atoms with Crippen LogP contribution in [-0.2, 0) is 4.74 Å². The van der Waals surface area contributed by atoms with Gasteiger partial charge in [-0.05, 0) is 24.2 Å². The predicted molar refractivity (Wildman–Crippen MR) is 67.0 cm³/mol. The second kappa shape index (κ2) is 7.70. The first-order valence-electron chi connectivity index (χ1n) is 5.67. The van der Waals surface area contributed by atoms with Gasteiger partial charge in [0.25, 0.3) is 0 Å². The van der Waals surface area contributed by atoms with Gasteiger partial charge in [-0.1, -0.05) is 50.5 Å². The van der Waals surface area contributed by atoms with Gasteiger partial charge in [-0.2, -0.15) is 0 Å². The minimum absolute atomic E-state index is 0.588. The summed E-state index contributed by atoms with van der Waals surface area (Å²) in [5, 5.41) is 0. The van der Waals surface area contributed by atoms with Gasteiger partial charge in [-0.25, -0.2) is 0 Å². The van der Waals surface area contributed by atoms with Gasteiger partial charge in [0.1, 0.15) is 0 Å². The van der Waals surface area contributed by atoms with Gasteiger partial charge in [0.2, 0.25) is 0 Å². The lowest BCUT2D eigenvalue weighted by Crippen LogP contribution is -2.20. The highest BCUT2D eigenvalue weighted by molar-refractivity contribution is 9.09. The molecule has 0 aromatic carbocycles. The molecule has 2 unspecified atom stereocenters. The molecule has 0 radical (unpaired) electrons. The molecule has 0 aliphatic carbocycles. The maximum atomic E-state index is 5.61. The molecule has 0 rings (SSSR count). The Hall–Kier alpha value is 0.440. The molecule has 0 aliphatic rings. The van der Waals surface area contributed by atoms with Crippen molar-refractivity contribution in [3.8, 4) is 0 Å². The van der Waals surface area contributed by atoms with Gasteiger partial charge in [0, 0.05) is 18.0 Å². The molecule has 0 heterocycles. The number of alkyl halides is 1. The van der Waals surface area contributed by atoms with Gasteiger partial charge in [-0.15, -0.1) is 0 Å². The van der Waals surface area contributed by atoms with E-state index >= 15 is 0 Å². The average Bonchev–Trinajstić information content (AvgIpc) is 2.01. The molecule has 0 saturated heterocycles. The molecule has 0 saturated carbocycles. The van der Waals surface area contributed by atoms with Crippen molar-refractivity contribution in [3.05, 3.63) is 0 Å². The minimum Gasteiger partial charge on any atom is -0.381 e. The fourth-order valence-corrected chi connectivity index (χ4v) is 2.51. The molecule has 14 heavy (non-hydrogen) atoms. The van der Waals surface area contributed by atoms with Crippen molar-refractivity contribution in [2.45, 2.75) is 45.9 Å². The number of ether oxygens (including phenoxy) is 1. The molecule has 0 fully saturated rings. The number of rotatable bonds is 7. The zero-order chi connectivity index (χ0) is 11.1. The fourth-order valence-electron chi connectivity index (χ4n) is 1.63. The summed E-state index contributed by atoms with van der Waals surface area (Å²) in [5.74, 6) is 2.10. The van der Waals surface area contributed by atoms with Crippen LogP contribution in [0.2, 0.25) is 0 Å². The first-order chi connectivity index (χ1) is 6.45. The summed E-state index contributed by atoms with van der Waals surface area (Å²) in [6, 6.07) is 0. The molecular weight excluding hydrogens is 240 g/mol. The van der Waals surface area contributed by atoms with Crippen LogP contribution in [0.15, 0.2) is 0 Å². The minimum atomic E-state index is 0.588. The van der Waals surface area contributed by atoms with Crippen molar-refractivity contribution in [1.29, 1.82) is 0 Å². The van der Waals surface area contributed by atoms with Gasteiger partial charge in [-0.3, -0.25) is 0 Å². The van der Waals surface area contributed by atoms with E-state index in [0.29, 0.717) is 10.7 Å². The summed E-state index contributed by atoms with van der Waals surface area (Å²) in [7, 11) is 0. The summed E-state index contributed by atoms with van der Waals surface area (Å²) in [6.07, 6.45) is 1.16. The van der Waals surface area contributed by atoms with Gasteiger partial charge >= 0.3 is 0 Å². The zero-order valence-corrected chi connectivity index (χ0v) is 11.8. The Balaban J connectivity index is 3.62. The van der Waals surface area contributed by atoms with E-state index in [-0.39, 0.29) is 0 Å². The molecule has 86 valence electrons. The lowest BCUT2D eigenvalue weighted by atomic mass is 9.90. The molecule has 0 aromatic rings. The third-order valence-electron chi connectivity index (χ3n) is 2.49. The van der Waals surface area contributed by atoms with Crippen LogP contribution in [0.4, 0.5) is 0 Å². The van der Waals surface area contributed by atoms with Gasteiger partial charge in [0.05, 0.1) is 0 Å².